The van der Waals surface area contributed by atoms with Crippen LogP contribution in [0.4, 0.5) is 10.1 Å². The van der Waals surface area contributed by atoms with Crippen molar-refractivity contribution in [3.05, 3.63) is 63.9 Å². The van der Waals surface area contributed by atoms with E-state index in [9.17, 15) is 14.0 Å². The fourth-order valence-corrected chi connectivity index (χ4v) is 3.75. The molecule has 0 spiro atoms. The smallest absolute Gasteiger partial charge is 0.254 e. The molecule has 1 heterocycles. The van der Waals surface area contributed by atoms with Gasteiger partial charge in [0.25, 0.3) is 5.91 Å². The van der Waals surface area contributed by atoms with E-state index in [2.05, 4.69) is 21.2 Å². The fourth-order valence-electron chi connectivity index (χ4n) is 3.34. The second kappa shape index (κ2) is 8.21. The summed E-state index contributed by atoms with van der Waals surface area (Å²) in [5.41, 5.74) is 1.92. The third-order valence-corrected chi connectivity index (χ3v) is 5.26. The summed E-state index contributed by atoms with van der Waals surface area (Å²) in [7, 11) is 0. The van der Waals surface area contributed by atoms with Gasteiger partial charge in [-0.3, -0.25) is 9.59 Å². The van der Waals surface area contributed by atoms with Gasteiger partial charge in [-0.15, -0.1) is 0 Å². The van der Waals surface area contributed by atoms with Crippen LogP contribution >= 0.6 is 15.9 Å². The minimum Gasteiger partial charge on any atom is -0.340 e. The highest BCUT2D eigenvalue weighted by atomic mass is 79.9. The first-order valence-corrected chi connectivity index (χ1v) is 9.83. The predicted octanol–water partition coefficient (Wildman–Crippen LogP) is 4.32. The van der Waals surface area contributed by atoms with Gasteiger partial charge in [0.1, 0.15) is 11.9 Å². The minimum atomic E-state index is -0.730. The topological polar surface area (TPSA) is 49.4 Å². The Kier molecular flexibility index (Phi) is 5.95. The molecule has 2 aromatic carbocycles. The number of fused-ring (bicyclic) bond motifs is 1. The average molecular weight is 433 g/mol. The number of carbonyl (C=O) groups is 2. The zero-order valence-electron chi connectivity index (χ0n) is 15.3. The number of nitrogens with zero attached hydrogens (tertiary/aromatic N) is 1. The van der Waals surface area contributed by atoms with E-state index < -0.39 is 17.8 Å². The Labute approximate surface area is 166 Å². The molecular weight excluding hydrogens is 411 g/mol. The molecule has 0 aliphatic carbocycles. The number of rotatable bonds is 4. The van der Waals surface area contributed by atoms with E-state index in [1.165, 1.54) is 18.2 Å². The van der Waals surface area contributed by atoms with Gasteiger partial charge in [0.05, 0.1) is 5.56 Å². The SMILES string of the molecule is CC(C)C(NC(=O)c1ccccc1F)C(=O)N1CCCc2cc(Br)ccc21. The highest BCUT2D eigenvalue weighted by molar-refractivity contribution is 9.10. The number of benzene rings is 2. The number of hydrogen-bond acceptors (Lipinski definition) is 2. The van der Waals surface area contributed by atoms with Crippen molar-refractivity contribution in [2.45, 2.75) is 32.7 Å². The van der Waals surface area contributed by atoms with E-state index in [-0.39, 0.29) is 17.4 Å². The molecule has 3 rings (SSSR count). The summed E-state index contributed by atoms with van der Waals surface area (Å²) in [6.07, 6.45) is 1.77. The number of anilines is 1. The summed E-state index contributed by atoms with van der Waals surface area (Å²) in [6.45, 7) is 4.35. The molecule has 1 N–H and O–H groups in total. The standard InChI is InChI=1S/C21H22BrFN2O2/c1-13(2)19(24-20(26)16-7-3-4-8-17(16)23)21(27)25-11-5-6-14-12-15(22)9-10-18(14)25/h3-4,7-10,12-13,19H,5-6,11H2,1-2H3,(H,24,26). The number of hydrogen-bond donors (Lipinski definition) is 1. The van der Waals surface area contributed by atoms with E-state index in [0.717, 1.165) is 28.6 Å². The van der Waals surface area contributed by atoms with Crippen molar-refractivity contribution in [2.75, 3.05) is 11.4 Å². The Bertz CT molecular complexity index is 869. The lowest BCUT2D eigenvalue weighted by Gasteiger charge is -2.34. The van der Waals surface area contributed by atoms with Crippen molar-refractivity contribution in [1.29, 1.82) is 0 Å². The molecule has 6 heteroatoms. The van der Waals surface area contributed by atoms with Crippen LogP contribution in [0, 0.1) is 11.7 Å². The Balaban J connectivity index is 1.85. The van der Waals surface area contributed by atoms with Crippen LogP contribution in [0.5, 0.6) is 0 Å². The Morgan fingerprint density at radius 1 is 1.19 bits per heavy atom. The van der Waals surface area contributed by atoms with E-state index in [1.54, 1.807) is 11.0 Å². The number of aryl methyl sites for hydroxylation is 1. The first kappa shape index (κ1) is 19.5. The second-order valence-corrected chi connectivity index (χ2v) is 7.96. The lowest BCUT2D eigenvalue weighted by molar-refractivity contribution is -0.121. The average Bonchev–Trinajstić information content (AvgIpc) is 2.64. The van der Waals surface area contributed by atoms with Crippen LogP contribution in [0.1, 0.15) is 36.2 Å². The third-order valence-electron chi connectivity index (χ3n) is 4.76. The molecule has 4 nitrogen and oxygen atoms in total. The van der Waals surface area contributed by atoms with Gasteiger partial charge in [0, 0.05) is 16.7 Å². The van der Waals surface area contributed by atoms with E-state index in [0.29, 0.717) is 6.54 Å². The van der Waals surface area contributed by atoms with E-state index in [4.69, 9.17) is 0 Å². The first-order valence-electron chi connectivity index (χ1n) is 9.03. The monoisotopic (exact) mass is 432 g/mol. The van der Waals surface area contributed by atoms with Crippen molar-refractivity contribution in [3.8, 4) is 0 Å². The molecule has 27 heavy (non-hydrogen) atoms. The zero-order valence-corrected chi connectivity index (χ0v) is 16.9. The fraction of sp³-hybridized carbons (Fsp3) is 0.333. The summed E-state index contributed by atoms with van der Waals surface area (Å²) in [5, 5.41) is 2.73. The lowest BCUT2D eigenvalue weighted by Crippen LogP contribution is -2.52. The molecule has 0 saturated carbocycles. The Morgan fingerprint density at radius 3 is 2.63 bits per heavy atom. The Morgan fingerprint density at radius 2 is 1.93 bits per heavy atom. The number of carbonyl (C=O) groups excluding carboxylic acids is 2. The molecule has 0 saturated heterocycles. The predicted molar refractivity (Wildman–Crippen MR) is 107 cm³/mol. The van der Waals surface area contributed by atoms with Gasteiger partial charge in [0.15, 0.2) is 0 Å². The molecule has 0 fully saturated rings. The Hall–Kier alpha value is -2.21. The number of amides is 2. The van der Waals surface area contributed by atoms with Gasteiger partial charge < -0.3 is 10.2 Å². The molecule has 2 amide bonds. The minimum absolute atomic E-state index is 0.0566. The van der Waals surface area contributed by atoms with Crippen LogP contribution in [0.2, 0.25) is 0 Å². The summed E-state index contributed by atoms with van der Waals surface area (Å²) < 4.78 is 14.9. The van der Waals surface area contributed by atoms with E-state index >= 15 is 0 Å². The second-order valence-electron chi connectivity index (χ2n) is 7.04. The van der Waals surface area contributed by atoms with Crippen LogP contribution in [-0.2, 0) is 11.2 Å². The van der Waals surface area contributed by atoms with Gasteiger partial charge in [-0.2, -0.15) is 0 Å². The summed E-state index contributed by atoms with van der Waals surface area (Å²) >= 11 is 3.47. The first-order chi connectivity index (χ1) is 12.9. The van der Waals surface area contributed by atoms with Crippen LogP contribution in [0.3, 0.4) is 0 Å². The van der Waals surface area contributed by atoms with Crippen LogP contribution < -0.4 is 10.2 Å². The number of nitrogens with one attached hydrogen (secondary N) is 1. The maximum absolute atomic E-state index is 13.9. The number of halogens is 2. The van der Waals surface area contributed by atoms with Crippen molar-refractivity contribution >= 4 is 33.4 Å². The quantitative estimate of drug-likeness (QED) is 0.781. The molecule has 0 bridgehead atoms. The molecule has 1 atom stereocenters. The van der Waals surface area contributed by atoms with Crippen molar-refractivity contribution in [3.63, 3.8) is 0 Å². The lowest BCUT2D eigenvalue weighted by atomic mass is 9.97. The normalized spacial score (nSPS) is 14.6. The highest BCUT2D eigenvalue weighted by Gasteiger charge is 2.32. The largest absolute Gasteiger partial charge is 0.340 e. The summed E-state index contributed by atoms with van der Waals surface area (Å²) in [5.74, 6) is -1.47. The maximum Gasteiger partial charge on any atom is 0.254 e. The van der Waals surface area contributed by atoms with Gasteiger partial charge >= 0.3 is 0 Å². The highest BCUT2D eigenvalue weighted by Crippen LogP contribution is 2.30. The van der Waals surface area contributed by atoms with Crippen molar-refractivity contribution in [2.24, 2.45) is 5.92 Å². The van der Waals surface area contributed by atoms with Gasteiger partial charge in [0.2, 0.25) is 5.91 Å². The zero-order chi connectivity index (χ0) is 19.6. The van der Waals surface area contributed by atoms with Crippen molar-refractivity contribution < 1.29 is 14.0 Å². The molecule has 1 unspecified atom stereocenters. The van der Waals surface area contributed by atoms with Gasteiger partial charge in [-0.05, 0) is 54.7 Å². The molecule has 1 aliphatic heterocycles. The summed E-state index contributed by atoms with van der Waals surface area (Å²) in [4.78, 5) is 27.5. The molecule has 2 aromatic rings. The van der Waals surface area contributed by atoms with Crippen LogP contribution in [-0.4, -0.2) is 24.4 Å². The van der Waals surface area contributed by atoms with Gasteiger partial charge in [-0.25, -0.2) is 4.39 Å². The molecular formula is C21H22BrFN2O2. The summed E-state index contributed by atoms with van der Waals surface area (Å²) in [6, 6.07) is 10.9. The third kappa shape index (κ3) is 4.21. The molecule has 1 aliphatic rings. The molecule has 0 aromatic heterocycles. The van der Waals surface area contributed by atoms with E-state index in [1.807, 2.05) is 32.0 Å². The molecule has 142 valence electrons. The molecule has 0 radical (unpaired) electrons. The van der Waals surface area contributed by atoms with Gasteiger partial charge in [-0.1, -0.05) is 41.9 Å². The maximum atomic E-state index is 13.9. The van der Waals surface area contributed by atoms with Crippen molar-refractivity contribution in [1.82, 2.24) is 5.32 Å². The van der Waals surface area contributed by atoms with Crippen LogP contribution in [0.25, 0.3) is 0 Å². The van der Waals surface area contributed by atoms with Crippen LogP contribution in [0.15, 0.2) is 46.9 Å².